The molecule has 1 atom stereocenters. The second-order valence-corrected chi connectivity index (χ2v) is 5.59. The lowest BCUT2D eigenvalue weighted by atomic mass is 9.95. The van der Waals surface area contributed by atoms with Crippen LogP contribution in [0.2, 0.25) is 5.02 Å². The van der Waals surface area contributed by atoms with Crippen LogP contribution in [0.25, 0.3) is 11.8 Å². The first-order chi connectivity index (χ1) is 10.1. The van der Waals surface area contributed by atoms with E-state index < -0.39 is 0 Å². The Bertz CT molecular complexity index is 701. The standard InChI is InChI=1S/C18H15ClO2/c1-12(20)10-18-16-5-3-2-4-14(16)11-17(21-18)13-6-8-15(19)9-7-13/h2-9,11,18H,10H2,1H3. The molecule has 0 aromatic heterocycles. The van der Waals surface area contributed by atoms with Gasteiger partial charge in [0.1, 0.15) is 17.6 Å². The van der Waals surface area contributed by atoms with Gasteiger partial charge in [-0.1, -0.05) is 35.9 Å². The van der Waals surface area contributed by atoms with Crippen molar-refractivity contribution in [3.05, 3.63) is 70.2 Å². The Morgan fingerprint density at radius 2 is 1.86 bits per heavy atom. The topological polar surface area (TPSA) is 26.3 Å². The Kier molecular flexibility index (Phi) is 3.80. The van der Waals surface area contributed by atoms with E-state index >= 15 is 0 Å². The third-order valence-electron chi connectivity index (χ3n) is 3.50. The lowest BCUT2D eigenvalue weighted by molar-refractivity contribution is -0.118. The van der Waals surface area contributed by atoms with Gasteiger partial charge >= 0.3 is 0 Å². The molecule has 1 unspecified atom stereocenters. The number of rotatable bonds is 3. The summed E-state index contributed by atoms with van der Waals surface area (Å²) < 4.78 is 6.05. The highest BCUT2D eigenvalue weighted by Crippen LogP contribution is 2.37. The monoisotopic (exact) mass is 298 g/mol. The molecule has 0 bridgehead atoms. The Morgan fingerprint density at radius 1 is 1.14 bits per heavy atom. The molecule has 0 amide bonds. The van der Waals surface area contributed by atoms with E-state index in [0.717, 1.165) is 22.4 Å². The summed E-state index contributed by atoms with van der Waals surface area (Å²) in [5.74, 6) is 0.892. The first kappa shape index (κ1) is 13.9. The van der Waals surface area contributed by atoms with Gasteiger partial charge in [-0.3, -0.25) is 4.79 Å². The summed E-state index contributed by atoms with van der Waals surface area (Å²) in [4.78, 5) is 11.5. The van der Waals surface area contributed by atoms with Crippen molar-refractivity contribution in [3.63, 3.8) is 0 Å². The van der Waals surface area contributed by atoms with Crippen molar-refractivity contribution >= 4 is 29.2 Å². The quantitative estimate of drug-likeness (QED) is 0.806. The van der Waals surface area contributed by atoms with Crippen LogP contribution in [-0.4, -0.2) is 5.78 Å². The summed E-state index contributed by atoms with van der Waals surface area (Å²) in [7, 11) is 0. The molecular weight excluding hydrogens is 284 g/mol. The van der Waals surface area contributed by atoms with Crippen LogP contribution in [0.1, 0.15) is 36.1 Å². The van der Waals surface area contributed by atoms with Crippen LogP contribution in [0.15, 0.2) is 48.5 Å². The molecule has 0 fully saturated rings. The number of benzene rings is 2. The number of halogens is 1. The second-order valence-electron chi connectivity index (χ2n) is 5.16. The highest BCUT2D eigenvalue weighted by Gasteiger charge is 2.24. The molecule has 0 aliphatic carbocycles. The van der Waals surface area contributed by atoms with Crippen molar-refractivity contribution in [2.75, 3.05) is 0 Å². The number of fused-ring (bicyclic) bond motifs is 1. The van der Waals surface area contributed by atoms with E-state index in [4.69, 9.17) is 16.3 Å². The number of hydrogen-bond donors (Lipinski definition) is 0. The van der Waals surface area contributed by atoms with Gasteiger partial charge in [-0.05, 0) is 42.8 Å². The van der Waals surface area contributed by atoms with Crippen LogP contribution in [0.5, 0.6) is 0 Å². The zero-order chi connectivity index (χ0) is 14.8. The van der Waals surface area contributed by atoms with E-state index in [0.29, 0.717) is 11.4 Å². The number of ether oxygens (including phenoxy) is 1. The van der Waals surface area contributed by atoms with Crippen molar-refractivity contribution in [1.82, 2.24) is 0 Å². The average molecular weight is 299 g/mol. The average Bonchev–Trinajstić information content (AvgIpc) is 2.47. The highest BCUT2D eigenvalue weighted by atomic mass is 35.5. The van der Waals surface area contributed by atoms with Gasteiger partial charge in [-0.15, -0.1) is 0 Å². The zero-order valence-electron chi connectivity index (χ0n) is 11.7. The number of carbonyl (C=O) groups excluding carboxylic acids is 1. The lowest BCUT2D eigenvalue weighted by Crippen LogP contribution is -2.13. The molecule has 0 spiro atoms. The fourth-order valence-electron chi connectivity index (χ4n) is 2.51. The summed E-state index contributed by atoms with van der Waals surface area (Å²) in [6, 6.07) is 15.5. The Hall–Kier alpha value is -2.06. The molecular formula is C18H15ClO2. The molecule has 1 aliphatic heterocycles. The summed E-state index contributed by atoms with van der Waals surface area (Å²) in [5, 5.41) is 0.691. The molecule has 1 aliphatic rings. The summed E-state index contributed by atoms with van der Waals surface area (Å²) in [6.45, 7) is 1.59. The van der Waals surface area contributed by atoms with Gasteiger partial charge in [0.15, 0.2) is 0 Å². The molecule has 2 aromatic carbocycles. The molecule has 2 nitrogen and oxygen atoms in total. The van der Waals surface area contributed by atoms with E-state index in [2.05, 4.69) is 0 Å². The van der Waals surface area contributed by atoms with Crippen molar-refractivity contribution in [2.24, 2.45) is 0 Å². The van der Waals surface area contributed by atoms with Crippen LogP contribution < -0.4 is 0 Å². The van der Waals surface area contributed by atoms with Gasteiger partial charge in [-0.2, -0.15) is 0 Å². The number of ketones is 1. The van der Waals surface area contributed by atoms with E-state index in [1.807, 2.05) is 54.6 Å². The van der Waals surface area contributed by atoms with E-state index in [-0.39, 0.29) is 11.9 Å². The van der Waals surface area contributed by atoms with Crippen LogP contribution in [-0.2, 0) is 9.53 Å². The summed E-state index contributed by atoms with van der Waals surface area (Å²) in [6.07, 6.45) is 2.16. The molecule has 2 aromatic rings. The van der Waals surface area contributed by atoms with Gasteiger partial charge in [0.25, 0.3) is 0 Å². The lowest BCUT2D eigenvalue weighted by Gasteiger charge is -2.26. The SMILES string of the molecule is CC(=O)CC1OC(c2ccc(Cl)cc2)=Cc2ccccc21. The number of hydrogen-bond acceptors (Lipinski definition) is 2. The largest absolute Gasteiger partial charge is 0.485 e. The first-order valence-corrected chi connectivity index (χ1v) is 7.24. The van der Waals surface area contributed by atoms with E-state index in [9.17, 15) is 4.79 Å². The van der Waals surface area contributed by atoms with Crippen molar-refractivity contribution in [2.45, 2.75) is 19.4 Å². The smallest absolute Gasteiger partial charge is 0.133 e. The van der Waals surface area contributed by atoms with Crippen molar-refractivity contribution < 1.29 is 9.53 Å². The van der Waals surface area contributed by atoms with Crippen LogP contribution in [0, 0.1) is 0 Å². The molecule has 3 rings (SSSR count). The molecule has 0 saturated carbocycles. The molecule has 0 saturated heterocycles. The Balaban J connectivity index is 2.02. The number of carbonyl (C=O) groups is 1. The van der Waals surface area contributed by atoms with Gasteiger partial charge in [0, 0.05) is 22.6 Å². The van der Waals surface area contributed by atoms with Crippen molar-refractivity contribution in [3.8, 4) is 0 Å². The molecule has 0 radical (unpaired) electrons. The van der Waals surface area contributed by atoms with Gasteiger partial charge in [0.05, 0.1) is 0 Å². The Morgan fingerprint density at radius 3 is 2.57 bits per heavy atom. The normalized spacial score (nSPS) is 16.7. The highest BCUT2D eigenvalue weighted by molar-refractivity contribution is 6.30. The fraction of sp³-hybridized carbons (Fsp3) is 0.167. The minimum atomic E-state index is -0.227. The van der Waals surface area contributed by atoms with Crippen LogP contribution in [0.3, 0.4) is 0 Å². The second kappa shape index (κ2) is 5.74. The molecule has 21 heavy (non-hydrogen) atoms. The predicted molar refractivity (Wildman–Crippen MR) is 84.9 cm³/mol. The maximum Gasteiger partial charge on any atom is 0.133 e. The van der Waals surface area contributed by atoms with Crippen molar-refractivity contribution in [1.29, 1.82) is 0 Å². The van der Waals surface area contributed by atoms with Gasteiger partial charge < -0.3 is 4.74 Å². The third kappa shape index (κ3) is 3.01. The summed E-state index contributed by atoms with van der Waals surface area (Å²) >= 11 is 5.92. The minimum absolute atomic E-state index is 0.118. The predicted octanol–water partition coefficient (Wildman–Crippen LogP) is 4.89. The fourth-order valence-corrected chi connectivity index (χ4v) is 2.63. The number of Topliss-reactive ketones (excluding diaryl/α,β-unsaturated/α-hetero) is 1. The van der Waals surface area contributed by atoms with E-state index in [1.165, 1.54) is 0 Å². The summed E-state index contributed by atoms with van der Waals surface area (Å²) in [5.41, 5.74) is 3.12. The molecule has 0 N–H and O–H groups in total. The van der Waals surface area contributed by atoms with E-state index in [1.54, 1.807) is 6.92 Å². The maximum absolute atomic E-state index is 11.5. The minimum Gasteiger partial charge on any atom is -0.485 e. The molecule has 106 valence electrons. The first-order valence-electron chi connectivity index (χ1n) is 6.86. The molecule has 1 heterocycles. The maximum atomic E-state index is 11.5. The van der Waals surface area contributed by atoms with Gasteiger partial charge in [0.2, 0.25) is 0 Å². The molecule has 3 heteroatoms. The third-order valence-corrected chi connectivity index (χ3v) is 3.75. The van der Waals surface area contributed by atoms with Gasteiger partial charge in [-0.25, -0.2) is 0 Å². The zero-order valence-corrected chi connectivity index (χ0v) is 12.4. The van der Waals surface area contributed by atoms with Crippen LogP contribution >= 0.6 is 11.6 Å². The van der Waals surface area contributed by atoms with Crippen LogP contribution in [0.4, 0.5) is 0 Å². The Labute approximate surface area is 129 Å².